The molecule has 0 aliphatic rings. The molecule has 0 saturated heterocycles. The van der Waals surface area contributed by atoms with Crippen LogP contribution in [0.2, 0.25) is 4.34 Å². The summed E-state index contributed by atoms with van der Waals surface area (Å²) in [5.74, 6) is 0.132. The molecule has 18 heavy (non-hydrogen) atoms. The van der Waals surface area contributed by atoms with Crippen LogP contribution in [0.4, 0.5) is 5.82 Å². The van der Waals surface area contributed by atoms with E-state index in [1.165, 1.54) is 18.3 Å². The number of nitrogens with two attached hydrogens (primary N) is 1. The molecule has 0 unspecified atom stereocenters. The summed E-state index contributed by atoms with van der Waals surface area (Å²) in [7, 11) is -3.72. The number of rotatable bonds is 4. The first kappa shape index (κ1) is 13.3. The van der Waals surface area contributed by atoms with E-state index in [0.717, 1.165) is 11.3 Å². The van der Waals surface area contributed by atoms with Crippen molar-refractivity contribution in [3.05, 3.63) is 28.2 Å². The summed E-state index contributed by atoms with van der Waals surface area (Å²) in [6.07, 6.45) is 1.35. The monoisotopic (exact) mass is 322 g/mol. The van der Waals surface area contributed by atoms with Crippen LogP contribution >= 0.6 is 35.2 Å². The smallest absolute Gasteiger partial charge is 0.272 e. The molecule has 0 saturated carbocycles. The van der Waals surface area contributed by atoms with Crippen LogP contribution < -0.4 is 10.5 Å². The molecule has 0 radical (unpaired) electrons. The Morgan fingerprint density at radius 2 is 2.28 bits per heavy atom. The Hall–Kier alpha value is -1.16. The van der Waals surface area contributed by atoms with Gasteiger partial charge in [-0.25, -0.2) is 8.42 Å². The number of hydrogen-bond donors (Lipinski definition) is 3. The molecule has 2 heterocycles. The van der Waals surface area contributed by atoms with Gasteiger partial charge in [0.2, 0.25) is 0 Å². The van der Waals surface area contributed by atoms with Gasteiger partial charge in [-0.05, 0) is 12.1 Å². The summed E-state index contributed by atoms with van der Waals surface area (Å²) < 4.78 is 26.8. The lowest BCUT2D eigenvalue weighted by molar-refractivity contribution is 0.603. The minimum Gasteiger partial charge on any atom is -0.389 e. The van der Waals surface area contributed by atoms with E-state index in [2.05, 4.69) is 14.9 Å². The van der Waals surface area contributed by atoms with E-state index in [1.54, 1.807) is 0 Å². The lowest BCUT2D eigenvalue weighted by Gasteiger charge is -2.05. The summed E-state index contributed by atoms with van der Waals surface area (Å²) in [6, 6.07) is 2.91. The van der Waals surface area contributed by atoms with Gasteiger partial charge in [0.05, 0.1) is 16.1 Å². The highest BCUT2D eigenvalue weighted by atomic mass is 35.5. The van der Waals surface area contributed by atoms with Gasteiger partial charge in [0.25, 0.3) is 10.0 Å². The number of nitrogens with one attached hydrogen (secondary N) is 2. The molecule has 2 aromatic rings. The second-order valence-electron chi connectivity index (χ2n) is 3.19. The Balaban J connectivity index is 2.34. The number of thiophene rings is 1. The number of hydrogen-bond acceptors (Lipinski definition) is 5. The van der Waals surface area contributed by atoms with Gasteiger partial charge in [0, 0.05) is 0 Å². The van der Waals surface area contributed by atoms with E-state index in [9.17, 15) is 8.42 Å². The third kappa shape index (κ3) is 2.64. The van der Waals surface area contributed by atoms with Crippen LogP contribution in [0.15, 0.2) is 22.5 Å². The fraction of sp³-hybridized carbons (Fsp3) is 0. The van der Waals surface area contributed by atoms with Crippen molar-refractivity contribution in [2.45, 2.75) is 4.21 Å². The van der Waals surface area contributed by atoms with Gasteiger partial charge < -0.3 is 5.73 Å². The average molecular weight is 323 g/mol. The molecular weight excluding hydrogens is 316 g/mol. The molecule has 0 aliphatic carbocycles. The predicted molar refractivity (Wildman–Crippen MR) is 74.6 cm³/mol. The maximum atomic E-state index is 12.0. The van der Waals surface area contributed by atoms with Gasteiger partial charge in [0.1, 0.15) is 15.0 Å². The van der Waals surface area contributed by atoms with Crippen molar-refractivity contribution in [2.24, 2.45) is 5.73 Å². The standard InChI is InChI=1S/C8H7ClN4O2S3/c9-5-1-2-6(17-5)18(14,15)13-8-4(7(10)16)3-11-12-8/h1-3H,(H2,10,16)(H2,11,12,13). The topological polar surface area (TPSA) is 101 Å². The molecule has 2 rings (SSSR count). The van der Waals surface area contributed by atoms with E-state index in [4.69, 9.17) is 29.6 Å². The lowest BCUT2D eigenvalue weighted by atomic mass is 10.3. The zero-order valence-electron chi connectivity index (χ0n) is 8.68. The Morgan fingerprint density at radius 3 is 2.83 bits per heavy atom. The van der Waals surface area contributed by atoms with Gasteiger partial charge in [-0.3, -0.25) is 9.82 Å². The summed E-state index contributed by atoms with van der Waals surface area (Å²) in [5.41, 5.74) is 5.77. The van der Waals surface area contributed by atoms with Gasteiger partial charge in [-0.1, -0.05) is 23.8 Å². The Morgan fingerprint density at radius 1 is 1.56 bits per heavy atom. The maximum absolute atomic E-state index is 12.0. The molecule has 4 N–H and O–H groups in total. The van der Waals surface area contributed by atoms with Gasteiger partial charge in [-0.15, -0.1) is 11.3 Å². The van der Waals surface area contributed by atoms with E-state index in [1.807, 2.05) is 0 Å². The van der Waals surface area contributed by atoms with Crippen molar-refractivity contribution in [2.75, 3.05) is 4.72 Å². The molecule has 0 fully saturated rings. The fourth-order valence-electron chi connectivity index (χ4n) is 1.18. The fourth-order valence-corrected chi connectivity index (χ4v) is 3.85. The minimum absolute atomic E-state index is 0.0469. The van der Waals surface area contributed by atoms with Crippen molar-refractivity contribution in [3.63, 3.8) is 0 Å². The Kier molecular flexibility index (Phi) is 3.57. The number of thiocarbonyl (C=S) groups is 1. The summed E-state index contributed by atoms with van der Waals surface area (Å²) in [5, 5.41) is 6.17. The van der Waals surface area contributed by atoms with Gasteiger partial charge in [-0.2, -0.15) is 5.10 Å². The molecule has 96 valence electrons. The van der Waals surface area contributed by atoms with Crippen molar-refractivity contribution in [1.29, 1.82) is 0 Å². The van der Waals surface area contributed by atoms with Crippen molar-refractivity contribution < 1.29 is 8.42 Å². The molecule has 10 heteroatoms. The predicted octanol–water partition coefficient (Wildman–Crippen LogP) is 1.56. The van der Waals surface area contributed by atoms with E-state index < -0.39 is 10.0 Å². The first-order valence-corrected chi connectivity index (χ1v) is 7.60. The third-order valence-corrected chi connectivity index (χ3v) is 5.25. The number of H-pyrrole nitrogens is 1. The molecule has 6 nitrogen and oxygen atoms in total. The largest absolute Gasteiger partial charge is 0.389 e. The highest BCUT2D eigenvalue weighted by Crippen LogP contribution is 2.27. The van der Waals surface area contributed by atoms with Crippen molar-refractivity contribution in [1.82, 2.24) is 10.2 Å². The Labute approximate surface area is 117 Å². The molecule has 2 aromatic heterocycles. The zero-order valence-corrected chi connectivity index (χ0v) is 11.9. The van der Waals surface area contributed by atoms with E-state index in [-0.39, 0.29) is 15.0 Å². The van der Waals surface area contributed by atoms with E-state index >= 15 is 0 Å². The lowest BCUT2D eigenvalue weighted by Crippen LogP contribution is -2.16. The Bertz CT molecular complexity index is 691. The number of anilines is 1. The number of aromatic nitrogens is 2. The normalized spacial score (nSPS) is 11.4. The van der Waals surface area contributed by atoms with Crippen LogP contribution in [-0.2, 0) is 10.0 Å². The first-order valence-electron chi connectivity index (χ1n) is 4.51. The minimum atomic E-state index is -3.72. The van der Waals surface area contributed by atoms with Crippen LogP contribution in [0.5, 0.6) is 0 Å². The highest BCUT2D eigenvalue weighted by molar-refractivity contribution is 7.94. The maximum Gasteiger partial charge on any atom is 0.272 e. The average Bonchev–Trinajstić information content (AvgIpc) is 2.86. The molecule has 0 atom stereocenters. The van der Waals surface area contributed by atoms with Crippen LogP contribution in [0.3, 0.4) is 0 Å². The number of sulfonamides is 1. The molecule has 0 amide bonds. The van der Waals surface area contributed by atoms with E-state index in [0.29, 0.717) is 9.90 Å². The molecular formula is C8H7ClN4O2S3. The summed E-state index contributed by atoms with van der Waals surface area (Å²) in [6.45, 7) is 0. The first-order chi connectivity index (χ1) is 8.40. The summed E-state index contributed by atoms with van der Waals surface area (Å²) in [4.78, 5) is 0.0469. The second-order valence-corrected chi connectivity index (χ2v) is 7.25. The van der Waals surface area contributed by atoms with Crippen molar-refractivity contribution in [3.8, 4) is 0 Å². The molecule has 0 bridgehead atoms. The number of nitrogens with zero attached hydrogens (tertiary/aromatic N) is 1. The number of halogens is 1. The SMILES string of the molecule is NC(=S)c1cn[nH]c1NS(=O)(=O)c1ccc(Cl)s1. The third-order valence-electron chi connectivity index (χ3n) is 1.95. The van der Waals surface area contributed by atoms with Crippen LogP contribution in [0, 0.1) is 0 Å². The number of aromatic amines is 1. The zero-order chi connectivity index (χ0) is 13.3. The van der Waals surface area contributed by atoms with Crippen LogP contribution in [-0.4, -0.2) is 23.6 Å². The van der Waals surface area contributed by atoms with Gasteiger partial charge in [0.15, 0.2) is 0 Å². The molecule has 0 aliphatic heterocycles. The van der Waals surface area contributed by atoms with Crippen LogP contribution in [0.1, 0.15) is 5.56 Å². The summed E-state index contributed by atoms with van der Waals surface area (Å²) >= 11 is 11.4. The molecule has 0 aromatic carbocycles. The molecule has 0 spiro atoms. The van der Waals surface area contributed by atoms with Crippen molar-refractivity contribution >= 4 is 56.0 Å². The van der Waals surface area contributed by atoms with Crippen LogP contribution in [0.25, 0.3) is 0 Å². The quantitative estimate of drug-likeness (QED) is 0.742. The highest BCUT2D eigenvalue weighted by Gasteiger charge is 2.19. The van der Waals surface area contributed by atoms with Gasteiger partial charge >= 0.3 is 0 Å². The second kappa shape index (κ2) is 4.84.